The van der Waals surface area contributed by atoms with Gasteiger partial charge in [0.2, 0.25) is 0 Å². The Hall–Kier alpha value is -1.59. The van der Waals surface area contributed by atoms with Crippen molar-refractivity contribution >= 4 is 6.03 Å². The largest absolute Gasteiger partial charge is 0.348 e. The first-order valence-electron chi connectivity index (χ1n) is 8.68. The van der Waals surface area contributed by atoms with Crippen LogP contribution in [0.15, 0.2) is 24.3 Å². The number of carbonyl (C=O) groups excluding carboxylic acids is 1. The van der Waals surface area contributed by atoms with Crippen molar-refractivity contribution in [1.29, 1.82) is 0 Å². The van der Waals surface area contributed by atoms with E-state index < -0.39 is 5.79 Å². The zero-order valence-corrected chi connectivity index (χ0v) is 15.3. The third-order valence-electron chi connectivity index (χ3n) is 4.28. The van der Waals surface area contributed by atoms with Gasteiger partial charge >= 0.3 is 6.03 Å². The highest BCUT2D eigenvalue weighted by atomic mass is 16.7. The molecule has 2 N–H and O–H groups in total. The number of amides is 2. The summed E-state index contributed by atoms with van der Waals surface area (Å²) in [6.07, 6.45) is 1.47. The Morgan fingerprint density at radius 1 is 1.08 bits per heavy atom. The summed E-state index contributed by atoms with van der Waals surface area (Å²) in [7, 11) is 0. The minimum absolute atomic E-state index is 0.150. The summed E-state index contributed by atoms with van der Waals surface area (Å²) in [4.78, 5) is 11.8. The Morgan fingerprint density at radius 2 is 1.67 bits per heavy atom. The standard InChI is InChI=1S/C19H30N2O3/c1-18(2,3)16-7-5-15(6-8-16)9-11-20-17(22)21-12-10-19(4)23-13-14-24-19/h5-8H,9-14H2,1-4H3,(H2,20,21,22). The monoisotopic (exact) mass is 334 g/mol. The molecule has 134 valence electrons. The summed E-state index contributed by atoms with van der Waals surface area (Å²) in [6.45, 7) is 10.9. The minimum atomic E-state index is -0.553. The average molecular weight is 334 g/mol. The van der Waals surface area contributed by atoms with E-state index in [1.54, 1.807) is 0 Å². The Labute approximate surface area is 145 Å². The second-order valence-corrected chi connectivity index (χ2v) is 7.46. The van der Waals surface area contributed by atoms with Crippen molar-refractivity contribution in [2.75, 3.05) is 26.3 Å². The van der Waals surface area contributed by atoms with Gasteiger partial charge in [0.1, 0.15) is 0 Å². The van der Waals surface area contributed by atoms with Gasteiger partial charge in [0.05, 0.1) is 13.2 Å². The molecule has 5 nitrogen and oxygen atoms in total. The summed E-state index contributed by atoms with van der Waals surface area (Å²) in [5.41, 5.74) is 2.71. The van der Waals surface area contributed by atoms with E-state index in [2.05, 4.69) is 55.7 Å². The zero-order valence-electron chi connectivity index (χ0n) is 15.3. The highest BCUT2D eigenvalue weighted by molar-refractivity contribution is 5.73. The molecule has 1 aromatic rings. The zero-order chi connectivity index (χ0) is 17.6. The molecule has 1 heterocycles. The first kappa shape index (κ1) is 18.7. The minimum Gasteiger partial charge on any atom is -0.348 e. The Kier molecular flexibility index (Phi) is 6.24. The number of hydrogen-bond donors (Lipinski definition) is 2. The number of benzene rings is 1. The van der Waals surface area contributed by atoms with Gasteiger partial charge in [-0.25, -0.2) is 4.79 Å². The second kappa shape index (κ2) is 7.99. The van der Waals surface area contributed by atoms with Gasteiger partial charge in [-0.05, 0) is 29.9 Å². The average Bonchev–Trinajstić information content (AvgIpc) is 2.94. The molecule has 0 atom stereocenters. The van der Waals surface area contributed by atoms with E-state index in [1.807, 2.05) is 6.92 Å². The molecule has 0 aliphatic carbocycles. The van der Waals surface area contributed by atoms with Crippen molar-refractivity contribution in [2.45, 2.75) is 51.7 Å². The summed E-state index contributed by atoms with van der Waals surface area (Å²) >= 11 is 0. The molecule has 1 aromatic carbocycles. The maximum Gasteiger partial charge on any atom is 0.314 e. The van der Waals surface area contributed by atoms with Gasteiger partial charge in [-0.2, -0.15) is 0 Å². The van der Waals surface area contributed by atoms with Gasteiger partial charge in [-0.1, -0.05) is 45.0 Å². The Balaban J connectivity index is 1.63. The van der Waals surface area contributed by atoms with Crippen LogP contribution in [-0.4, -0.2) is 38.1 Å². The van der Waals surface area contributed by atoms with E-state index in [-0.39, 0.29) is 11.4 Å². The van der Waals surface area contributed by atoms with Crippen LogP contribution in [0, 0.1) is 0 Å². The lowest BCUT2D eigenvalue weighted by molar-refractivity contribution is -0.145. The lowest BCUT2D eigenvalue weighted by Crippen LogP contribution is -2.40. The molecule has 24 heavy (non-hydrogen) atoms. The number of carbonyl (C=O) groups is 1. The van der Waals surface area contributed by atoms with Gasteiger partial charge in [0, 0.05) is 19.5 Å². The molecule has 1 saturated heterocycles. The van der Waals surface area contributed by atoms with Gasteiger partial charge in [0.15, 0.2) is 5.79 Å². The topological polar surface area (TPSA) is 59.6 Å². The van der Waals surface area contributed by atoms with Crippen molar-refractivity contribution in [1.82, 2.24) is 10.6 Å². The van der Waals surface area contributed by atoms with Crippen LogP contribution in [0.3, 0.4) is 0 Å². The normalized spacial score (nSPS) is 16.8. The van der Waals surface area contributed by atoms with E-state index >= 15 is 0 Å². The van der Waals surface area contributed by atoms with Crippen molar-refractivity contribution in [3.8, 4) is 0 Å². The lowest BCUT2D eigenvalue weighted by Gasteiger charge is -2.22. The molecular weight excluding hydrogens is 304 g/mol. The van der Waals surface area contributed by atoms with Crippen molar-refractivity contribution in [3.05, 3.63) is 35.4 Å². The predicted molar refractivity (Wildman–Crippen MR) is 95.2 cm³/mol. The van der Waals surface area contributed by atoms with Crippen LogP contribution in [0.2, 0.25) is 0 Å². The molecule has 0 unspecified atom stereocenters. The van der Waals surface area contributed by atoms with E-state index in [0.717, 1.165) is 6.42 Å². The maximum absolute atomic E-state index is 11.8. The number of hydrogen-bond acceptors (Lipinski definition) is 3. The van der Waals surface area contributed by atoms with Crippen molar-refractivity contribution in [2.24, 2.45) is 0 Å². The first-order chi connectivity index (χ1) is 11.3. The van der Waals surface area contributed by atoms with E-state index in [0.29, 0.717) is 32.7 Å². The van der Waals surface area contributed by atoms with E-state index in [9.17, 15) is 4.79 Å². The quantitative estimate of drug-likeness (QED) is 0.841. The number of rotatable bonds is 6. The summed E-state index contributed by atoms with van der Waals surface area (Å²) in [5, 5.41) is 5.72. The highest BCUT2D eigenvalue weighted by Gasteiger charge is 2.30. The van der Waals surface area contributed by atoms with Crippen LogP contribution in [-0.2, 0) is 21.3 Å². The fourth-order valence-corrected chi connectivity index (χ4v) is 2.66. The van der Waals surface area contributed by atoms with Gasteiger partial charge in [-0.3, -0.25) is 0 Å². The third kappa shape index (κ3) is 5.80. The molecule has 2 amide bonds. The molecular formula is C19H30N2O3. The highest BCUT2D eigenvalue weighted by Crippen LogP contribution is 2.22. The molecule has 5 heteroatoms. The van der Waals surface area contributed by atoms with Crippen molar-refractivity contribution in [3.63, 3.8) is 0 Å². The molecule has 0 spiro atoms. The van der Waals surface area contributed by atoms with Gasteiger partial charge in [0.25, 0.3) is 0 Å². The molecule has 0 aromatic heterocycles. The SMILES string of the molecule is CC1(CCNC(=O)NCCc2ccc(C(C)(C)C)cc2)OCCO1. The molecule has 0 saturated carbocycles. The summed E-state index contributed by atoms with van der Waals surface area (Å²) < 4.78 is 11.0. The van der Waals surface area contributed by atoms with Gasteiger partial charge < -0.3 is 20.1 Å². The lowest BCUT2D eigenvalue weighted by atomic mass is 9.86. The fraction of sp³-hybridized carbons (Fsp3) is 0.632. The molecule has 0 bridgehead atoms. The molecule has 1 aliphatic heterocycles. The molecule has 1 aliphatic rings. The third-order valence-corrected chi connectivity index (χ3v) is 4.28. The molecule has 0 radical (unpaired) electrons. The van der Waals surface area contributed by atoms with Crippen LogP contribution >= 0.6 is 0 Å². The molecule has 2 rings (SSSR count). The van der Waals surface area contributed by atoms with E-state index in [4.69, 9.17) is 9.47 Å². The van der Waals surface area contributed by atoms with E-state index in [1.165, 1.54) is 11.1 Å². The maximum atomic E-state index is 11.8. The van der Waals surface area contributed by atoms with Gasteiger partial charge in [-0.15, -0.1) is 0 Å². The number of ether oxygens (including phenoxy) is 2. The second-order valence-electron chi connectivity index (χ2n) is 7.46. The Morgan fingerprint density at radius 3 is 2.25 bits per heavy atom. The molecule has 1 fully saturated rings. The number of nitrogens with one attached hydrogen (secondary N) is 2. The van der Waals surface area contributed by atoms with Crippen LogP contribution < -0.4 is 10.6 Å². The van der Waals surface area contributed by atoms with Crippen LogP contribution in [0.5, 0.6) is 0 Å². The smallest absolute Gasteiger partial charge is 0.314 e. The van der Waals surface area contributed by atoms with Crippen molar-refractivity contribution < 1.29 is 14.3 Å². The first-order valence-corrected chi connectivity index (χ1v) is 8.68. The number of urea groups is 1. The Bertz CT molecular complexity index is 529. The predicted octanol–water partition coefficient (Wildman–Crippen LogP) is 2.98. The van der Waals surface area contributed by atoms with Crippen LogP contribution in [0.1, 0.15) is 45.2 Å². The van der Waals surface area contributed by atoms with Crippen LogP contribution in [0.4, 0.5) is 4.79 Å². The van der Waals surface area contributed by atoms with Crippen LogP contribution in [0.25, 0.3) is 0 Å². The summed E-state index contributed by atoms with van der Waals surface area (Å²) in [6, 6.07) is 8.45. The summed E-state index contributed by atoms with van der Waals surface area (Å²) in [5.74, 6) is -0.553. The fourth-order valence-electron chi connectivity index (χ4n) is 2.66.